The van der Waals surface area contributed by atoms with E-state index in [-0.39, 0.29) is 0 Å². The van der Waals surface area contributed by atoms with E-state index < -0.39 is 0 Å². The van der Waals surface area contributed by atoms with Gasteiger partial charge >= 0.3 is 0 Å². The van der Waals surface area contributed by atoms with Gasteiger partial charge in [0.05, 0.1) is 10.5 Å². The molecule has 15 heavy (non-hydrogen) atoms. The molecule has 1 N–H and O–H groups in total. The largest absolute Gasteiger partial charge is 0.329 e. The van der Waals surface area contributed by atoms with Gasteiger partial charge < -0.3 is 4.98 Å². The first kappa shape index (κ1) is 9.36. The van der Waals surface area contributed by atoms with Crippen molar-refractivity contribution in [1.29, 1.82) is 0 Å². The molecule has 0 bridgehead atoms. The van der Waals surface area contributed by atoms with E-state index in [1.54, 1.807) is 6.20 Å². The standard InChI is InChI=1S/C10H10ClN3S/c11-6-4-8-9(12-5-6)14(10(15)13-8)7-2-1-3-7/h4-5,7H,1-3H2,(H,13,15). The lowest BCUT2D eigenvalue weighted by Crippen LogP contribution is -2.17. The number of halogens is 1. The minimum atomic E-state index is 0.528. The molecule has 0 saturated heterocycles. The molecule has 0 radical (unpaired) electrons. The Kier molecular flexibility index (Phi) is 2.07. The minimum Gasteiger partial charge on any atom is -0.329 e. The van der Waals surface area contributed by atoms with Crippen molar-refractivity contribution >= 4 is 35.0 Å². The molecule has 1 fully saturated rings. The lowest BCUT2D eigenvalue weighted by atomic mass is 9.93. The van der Waals surface area contributed by atoms with Gasteiger partial charge in [-0.2, -0.15) is 0 Å². The zero-order valence-electron chi connectivity index (χ0n) is 8.03. The first-order chi connectivity index (χ1) is 7.25. The number of pyridine rings is 1. The highest BCUT2D eigenvalue weighted by Gasteiger charge is 2.22. The number of imidazole rings is 1. The maximum absolute atomic E-state index is 5.88. The highest BCUT2D eigenvalue weighted by Crippen LogP contribution is 2.34. The number of fused-ring (bicyclic) bond motifs is 1. The van der Waals surface area contributed by atoms with Crippen LogP contribution in [0.15, 0.2) is 12.3 Å². The van der Waals surface area contributed by atoms with Crippen molar-refractivity contribution in [3.8, 4) is 0 Å². The quantitative estimate of drug-likeness (QED) is 0.773. The lowest BCUT2D eigenvalue weighted by Gasteiger charge is -2.26. The summed E-state index contributed by atoms with van der Waals surface area (Å²) in [5.41, 5.74) is 1.86. The smallest absolute Gasteiger partial charge is 0.179 e. The summed E-state index contributed by atoms with van der Waals surface area (Å²) in [6, 6.07) is 2.40. The van der Waals surface area contributed by atoms with Gasteiger partial charge in [0.25, 0.3) is 0 Å². The number of nitrogens with zero attached hydrogens (tertiary/aromatic N) is 2. The summed E-state index contributed by atoms with van der Waals surface area (Å²) in [6.07, 6.45) is 5.35. The maximum atomic E-state index is 5.88. The van der Waals surface area contributed by atoms with Crippen molar-refractivity contribution in [2.24, 2.45) is 0 Å². The third-order valence-corrected chi connectivity index (χ3v) is 3.47. The zero-order valence-corrected chi connectivity index (χ0v) is 9.61. The van der Waals surface area contributed by atoms with Crippen LogP contribution in [0.1, 0.15) is 25.3 Å². The molecule has 1 saturated carbocycles. The number of hydrogen-bond acceptors (Lipinski definition) is 2. The number of nitrogens with one attached hydrogen (secondary N) is 1. The summed E-state index contributed by atoms with van der Waals surface area (Å²) >= 11 is 11.2. The SMILES string of the molecule is S=c1[nH]c2cc(Cl)cnc2n1C1CCC1. The predicted molar refractivity (Wildman–Crippen MR) is 62.8 cm³/mol. The van der Waals surface area contributed by atoms with Gasteiger partial charge in [0.15, 0.2) is 10.4 Å². The Morgan fingerprint density at radius 3 is 3.00 bits per heavy atom. The number of aromatic amines is 1. The Labute approximate surface area is 97.1 Å². The van der Waals surface area contributed by atoms with E-state index in [0.29, 0.717) is 11.1 Å². The monoisotopic (exact) mass is 239 g/mol. The van der Waals surface area contributed by atoms with Gasteiger partial charge in [-0.05, 0) is 37.5 Å². The van der Waals surface area contributed by atoms with Crippen LogP contribution in [0.3, 0.4) is 0 Å². The highest BCUT2D eigenvalue weighted by atomic mass is 35.5. The molecule has 0 atom stereocenters. The highest BCUT2D eigenvalue weighted by molar-refractivity contribution is 7.71. The molecule has 1 aliphatic carbocycles. The topological polar surface area (TPSA) is 33.6 Å². The fourth-order valence-electron chi connectivity index (χ4n) is 1.97. The minimum absolute atomic E-state index is 0.528. The third kappa shape index (κ3) is 1.40. The second-order valence-corrected chi connectivity index (χ2v) is 4.73. The van der Waals surface area contributed by atoms with E-state index in [2.05, 4.69) is 14.5 Å². The second kappa shape index (κ2) is 3.32. The fourth-order valence-corrected chi connectivity index (χ4v) is 2.47. The molecular weight excluding hydrogens is 230 g/mol. The van der Waals surface area contributed by atoms with Gasteiger partial charge in [0, 0.05) is 12.2 Å². The van der Waals surface area contributed by atoms with Gasteiger partial charge in [-0.1, -0.05) is 11.6 Å². The van der Waals surface area contributed by atoms with Crippen LogP contribution >= 0.6 is 23.8 Å². The van der Waals surface area contributed by atoms with E-state index in [1.807, 2.05) is 6.07 Å². The average molecular weight is 240 g/mol. The summed E-state index contributed by atoms with van der Waals surface area (Å²) in [6.45, 7) is 0. The van der Waals surface area contributed by atoms with Crippen LogP contribution in [0.25, 0.3) is 11.2 Å². The van der Waals surface area contributed by atoms with E-state index in [4.69, 9.17) is 23.8 Å². The van der Waals surface area contributed by atoms with Crippen LogP contribution in [-0.4, -0.2) is 14.5 Å². The molecule has 78 valence electrons. The molecule has 1 aliphatic rings. The van der Waals surface area contributed by atoms with Gasteiger partial charge in [0.2, 0.25) is 0 Å². The molecule has 0 unspecified atom stereocenters. The molecule has 2 heterocycles. The number of aromatic nitrogens is 3. The average Bonchev–Trinajstić information content (AvgIpc) is 2.40. The van der Waals surface area contributed by atoms with Gasteiger partial charge in [0.1, 0.15) is 0 Å². The first-order valence-corrected chi connectivity index (χ1v) is 5.80. The fraction of sp³-hybridized carbons (Fsp3) is 0.400. The molecule has 0 spiro atoms. The lowest BCUT2D eigenvalue weighted by molar-refractivity contribution is 0.316. The Balaban J connectivity index is 2.27. The number of hydrogen-bond donors (Lipinski definition) is 1. The van der Waals surface area contributed by atoms with E-state index >= 15 is 0 Å². The van der Waals surface area contributed by atoms with Crippen molar-refractivity contribution in [1.82, 2.24) is 14.5 Å². The first-order valence-electron chi connectivity index (χ1n) is 5.01. The van der Waals surface area contributed by atoms with Gasteiger partial charge in [-0.25, -0.2) is 4.98 Å². The molecule has 0 aliphatic heterocycles. The molecular formula is C10H10ClN3S. The summed E-state index contributed by atoms with van der Waals surface area (Å²) < 4.78 is 2.87. The maximum Gasteiger partial charge on any atom is 0.179 e. The Hall–Kier alpha value is -0.870. The van der Waals surface area contributed by atoms with Crippen molar-refractivity contribution < 1.29 is 0 Å². The Morgan fingerprint density at radius 1 is 1.53 bits per heavy atom. The van der Waals surface area contributed by atoms with Crippen molar-refractivity contribution in [2.75, 3.05) is 0 Å². The molecule has 2 aromatic rings. The van der Waals surface area contributed by atoms with Crippen molar-refractivity contribution in [3.05, 3.63) is 22.1 Å². The molecule has 2 aromatic heterocycles. The van der Waals surface area contributed by atoms with Crippen LogP contribution in [0, 0.1) is 4.77 Å². The van der Waals surface area contributed by atoms with E-state index in [1.165, 1.54) is 19.3 Å². The van der Waals surface area contributed by atoms with Gasteiger partial charge in [-0.3, -0.25) is 4.57 Å². The normalized spacial score (nSPS) is 16.9. The summed E-state index contributed by atoms with van der Waals surface area (Å²) in [4.78, 5) is 7.49. The second-order valence-electron chi connectivity index (χ2n) is 3.91. The van der Waals surface area contributed by atoms with Crippen LogP contribution in [0.2, 0.25) is 5.02 Å². The summed E-state index contributed by atoms with van der Waals surface area (Å²) in [7, 11) is 0. The van der Waals surface area contributed by atoms with E-state index in [0.717, 1.165) is 15.9 Å². The van der Waals surface area contributed by atoms with Crippen molar-refractivity contribution in [3.63, 3.8) is 0 Å². The molecule has 5 heteroatoms. The predicted octanol–water partition coefficient (Wildman–Crippen LogP) is 3.47. The molecule has 3 rings (SSSR count). The number of H-pyrrole nitrogens is 1. The molecule has 0 aromatic carbocycles. The molecule has 0 amide bonds. The van der Waals surface area contributed by atoms with Crippen LogP contribution in [0.4, 0.5) is 0 Å². The van der Waals surface area contributed by atoms with E-state index in [9.17, 15) is 0 Å². The molecule has 3 nitrogen and oxygen atoms in total. The van der Waals surface area contributed by atoms with Gasteiger partial charge in [-0.15, -0.1) is 0 Å². The third-order valence-electron chi connectivity index (χ3n) is 2.96. The number of rotatable bonds is 1. The van der Waals surface area contributed by atoms with Crippen LogP contribution < -0.4 is 0 Å². The summed E-state index contributed by atoms with van der Waals surface area (Å²) in [5, 5.41) is 0.638. The van der Waals surface area contributed by atoms with Crippen LogP contribution in [0.5, 0.6) is 0 Å². The zero-order chi connectivity index (χ0) is 10.4. The Morgan fingerprint density at radius 2 is 2.33 bits per heavy atom. The van der Waals surface area contributed by atoms with Crippen molar-refractivity contribution in [2.45, 2.75) is 25.3 Å². The summed E-state index contributed by atoms with van der Waals surface area (Å²) in [5.74, 6) is 0. The van der Waals surface area contributed by atoms with Crippen LogP contribution in [-0.2, 0) is 0 Å². The Bertz CT molecular complexity index is 568.